The minimum absolute atomic E-state index is 0.00251. The molecule has 0 heterocycles. The number of hydrogen-bond acceptors (Lipinski definition) is 5. The van der Waals surface area contributed by atoms with Crippen LogP contribution in [0.2, 0.25) is 0 Å². The predicted molar refractivity (Wildman–Crippen MR) is 120 cm³/mol. The highest BCUT2D eigenvalue weighted by atomic mass is 32.1. The van der Waals surface area contributed by atoms with E-state index in [1.807, 2.05) is 24.3 Å². The molecule has 3 aromatic carbocycles. The number of amides is 1. The van der Waals surface area contributed by atoms with E-state index in [1.165, 1.54) is 11.1 Å². The molecule has 0 atom stereocenters. The first-order valence-corrected chi connectivity index (χ1v) is 10.2. The number of carbonyl (C=O) groups is 1. The van der Waals surface area contributed by atoms with Gasteiger partial charge in [-0.1, -0.05) is 54.6 Å². The zero-order valence-corrected chi connectivity index (χ0v) is 17.4. The molecule has 4 rings (SSSR count). The van der Waals surface area contributed by atoms with Gasteiger partial charge in [0.25, 0.3) is 0 Å². The molecule has 0 radical (unpaired) electrons. The van der Waals surface area contributed by atoms with Gasteiger partial charge in [-0.15, -0.1) is 12.6 Å². The summed E-state index contributed by atoms with van der Waals surface area (Å²) in [5.74, 6) is 0.00251. The van der Waals surface area contributed by atoms with Crippen molar-refractivity contribution < 1.29 is 19.6 Å². The van der Waals surface area contributed by atoms with Gasteiger partial charge in [0.1, 0.15) is 6.61 Å². The average Bonchev–Trinajstić information content (AvgIpc) is 3.06. The fourth-order valence-corrected chi connectivity index (χ4v) is 4.27. The van der Waals surface area contributed by atoms with Gasteiger partial charge in [0.15, 0.2) is 0 Å². The maximum atomic E-state index is 12.3. The van der Waals surface area contributed by atoms with Crippen LogP contribution in [0.5, 0.6) is 0 Å². The van der Waals surface area contributed by atoms with Crippen molar-refractivity contribution in [1.82, 2.24) is 5.32 Å². The normalized spacial score (nSPS) is 12.3. The molecule has 0 bridgehead atoms. The number of alkyl carbamates (subject to hydrolysis) is 1. The Balaban J connectivity index is 1.42. The van der Waals surface area contributed by atoms with Gasteiger partial charge in [-0.2, -0.15) is 0 Å². The summed E-state index contributed by atoms with van der Waals surface area (Å²) >= 11 is 4.36. The quantitative estimate of drug-likeness (QED) is 0.379. The van der Waals surface area contributed by atoms with E-state index < -0.39 is 13.2 Å². The first-order chi connectivity index (χ1) is 14.5. The molecular weight excluding hydrogens is 397 g/mol. The highest BCUT2D eigenvalue weighted by molar-refractivity contribution is 7.80. The molecule has 3 aromatic rings. The number of fused-ring (bicyclic) bond motifs is 3. The Morgan fingerprint density at radius 3 is 2.27 bits per heavy atom. The van der Waals surface area contributed by atoms with Gasteiger partial charge >= 0.3 is 13.2 Å². The molecule has 152 valence electrons. The monoisotopic (exact) mass is 419 g/mol. The molecule has 0 unspecified atom stereocenters. The van der Waals surface area contributed by atoms with Gasteiger partial charge in [0.2, 0.25) is 0 Å². The van der Waals surface area contributed by atoms with Crippen LogP contribution in [0.15, 0.2) is 65.6 Å². The summed E-state index contributed by atoms with van der Waals surface area (Å²) in [6.45, 7) is 2.20. The van der Waals surface area contributed by atoms with Gasteiger partial charge in [-0.05, 0) is 51.8 Å². The van der Waals surface area contributed by atoms with Gasteiger partial charge in [0, 0.05) is 17.4 Å². The van der Waals surface area contributed by atoms with E-state index >= 15 is 0 Å². The highest BCUT2D eigenvalue weighted by Crippen LogP contribution is 2.44. The number of rotatable bonds is 5. The zero-order chi connectivity index (χ0) is 21.3. The van der Waals surface area contributed by atoms with Gasteiger partial charge in [-0.25, -0.2) is 4.79 Å². The van der Waals surface area contributed by atoms with E-state index in [1.54, 1.807) is 19.1 Å². The van der Waals surface area contributed by atoms with Crippen LogP contribution in [-0.4, -0.2) is 29.9 Å². The molecule has 1 aliphatic carbocycles. The molecule has 1 amide bonds. The summed E-state index contributed by atoms with van der Waals surface area (Å²) < 4.78 is 5.53. The summed E-state index contributed by atoms with van der Waals surface area (Å²) in [5, 5.41) is 21.7. The second kappa shape index (κ2) is 8.56. The Morgan fingerprint density at radius 2 is 1.67 bits per heavy atom. The number of hydrogen-bond donors (Lipinski definition) is 4. The Kier molecular flexibility index (Phi) is 5.86. The third-order valence-electron chi connectivity index (χ3n) is 5.54. The van der Waals surface area contributed by atoms with Crippen LogP contribution >= 0.6 is 12.6 Å². The summed E-state index contributed by atoms with van der Waals surface area (Å²) in [6, 6.07) is 19.8. The summed E-state index contributed by atoms with van der Waals surface area (Å²) in [6.07, 6.45) is -0.524. The van der Waals surface area contributed by atoms with Gasteiger partial charge in [-0.3, -0.25) is 0 Å². The molecule has 30 heavy (non-hydrogen) atoms. The standard InChI is InChI=1S/C23H22BNO4S/c1-14-21(24(27)28)10-15(11-22(14)30)12-25-23(26)29-13-20-18-8-4-2-6-16(18)17-7-3-5-9-19(17)20/h2-11,20,27-28,30H,12-13H2,1H3,(H,25,26). The number of benzene rings is 3. The fourth-order valence-electron chi connectivity index (χ4n) is 3.98. The summed E-state index contributed by atoms with van der Waals surface area (Å²) in [4.78, 5) is 12.9. The van der Waals surface area contributed by atoms with Crippen LogP contribution in [0.1, 0.15) is 28.2 Å². The lowest BCUT2D eigenvalue weighted by molar-refractivity contribution is 0.142. The van der Waals surface area contributed by atoms with Crippen molar-refractivity contribution in [3.8, 4) is 11.1 Å². The lowest BCUT2D eigenvalue weighted by atomic mass is 9.76. The van der Waals surface area contributed by atoms with Crippen LogP contribution in [0.3, 0.4) is 0 Å². The van der Waals surface area contributed by atoms with Crippen LogP contribution in [-0.2, 0) is 11.3 Å². The molecule has 0 aromatic heterocycles. The average molecular weight is 419 g/mol. The van der Waals surface area contributed by atoms with Crippen LogP contribution < -0.4 is 10.8 Å². The van der Waals surface area contributed by atoms with E-state index in [9.17, 15) is 14.8 Å². The SMILES string of the molecule is Cc1c(S)cc(CNC(=O)OCC2c3ccccc3-c3ccccc32)cc1B(O)O. The van der Waals surface area contributed by atoms with Crippen molar-refractivity contribution in [3.05, 3.63) is 82.9 Å². The van der Waals surface area contributed by atoms with Gasteiger partial charge in [0.05, 0.1) is 0 Å². The zero-order valence-electron chi connectivity index (χ0n) is 16.5. The largest absolute Gasteiger partial charge is 0.488 e. The van der Waals surface area contributed by atoms with Crippen molar-refractivity contribution in [3.63, 3.8) is 0 Å². The van der Waals surface area contributed by atoms with Crippen molar-refractivity contribution in [2.45, 2.75) is 24.3 Å². The number of carbonyl (C=O) groups excluding carboxylic acids is 1. The first-order valence-electron chi connectivity index (χ1n) is 9.73. The maximum absolute atomic E-state index is 12.3. The van der Waals surface area contributed by atoms with Crippen LogP contribution in [0, 0.1) is 6.92 Å². The Bertz CT molecular complexity index is 1060. The second-order valence-corrected chi connectivity index (χ2v) is 7.86. The lowest BCUT2D eigenvalue weighted by Crippen LogP contribution is -2.33. The Hall–Kier alpha value is -2.74. The molecule has 0 fully saturated rings. The fraction of sp³-hybridized carbons (Fsp3) is 0.174. The van der Waals surface area contributed by atoms with Crippen molar-refractivity contribution in [2.24, 2.45) is 0 Å². The van der Waals surface area contributed by atoms with Crippen LogP contribution in [0.4, 0.5) is 4.79 Å². The van der Waals surface area contributed by atoms with Gasteiger partial charge < -0.3 is 20.1 Å². The minimum atomic E-state index is -1.59. The van der Waals surface area contributed by atoms with E-state index in [2.05, 4.69) is 42.2 Å². The molecule has 3 N–H and O–H groups in total. The topological polar surface area (TPSA) is 78.8 Å². The Morgan fingerprint density at radius 1 is 1.07 bits per heavy atom. The maximum Gasteiger partial charge on any atom is 0.488 e. The molecule has 0 saturated heterocycles. The van der Waals surface area contributed by atoms with Crippen molar-refractivity contribution in [2.75, 3.05) is 6.61 Å². The van der Waals surface area contributed by atoms with E-state index in [0.717, 1.165) is 11.1 Å². The second-order valence-electron chi connectivity index (χ2n) is 7.38. The third-order valence-corrected chi connectivity index (χ3v) is 6.00. The lowest BCUT2D eigenvalue weighted by Gasteiger charge is -2.15. The molecular formula is C23H22BNO4S. The smallest absolute Gasteiger partial charge is 0.449 e. The Labute approximate surface area is 181 Å². The van der Waals surface area contributed by atoms with E-state index in [4.69, 9.17) is 4.74 Å². The number of ether oxygens (including phenoxy) is 1. The molecule has 7 heteroatoms. The van der Waals surface area contributed by atoms with Crippen LogP contribution in [0.25, 0.3) is 11.1 Å². The molecule has 0 spiro atoms. The van der Waals surface area contributed by atoms with Crippen molar-refractivity contribution in [1.29, 1.82) is 0 Å². The molecule has 5 nitrogen and oxygen atoms in total. The molecule has 0 aliphatic heterocycles. The highest BCUT2D eigenvalue weighted by Gasteiger charge is 2.29. The van der Waals surface area contributed by atoms with E-state index in [0.29, 0.717) is 21.5 Å². The van der Waals surface area contributed by atoms with Crippen molar-refractivity contribution >= 4 is 31.3 Å². The predicted octanol–water partition coefficient (Wildman–Crippen LogP) is 3.00. The molecule has 1 aliphatic rings. The molecule has 0 saturated carbocycles. The summed E-state index contributed by atoms with van der Waals surface area (Å²) in [5.41, 5.74) is 6.45. The van der Waals surface area contributed by atoms with E-state index in [-0.39, 0.29) is 19.1 Å². The first kappa shape index (κ1) is 20.5. The number of thiol groups is 1. The summed E-state index contributed by atoms with van der Waals surface area (Å²) in [7, 11) is -1.59. The third kappa shape index (κ3) is 3.96. The number of nitrogens with one attached hydrogen (secondary N) is 1. The minimum Gasteiger partial charge on any atom is -0.449 e.